The van der Waals surface area contributed by atoms with Crippen LogP contribution < -0.4 is 0 Å². The van der Waals surface area contributed by atoms with Crippen molar-refractivity contribution in [2.75, 3.05) is 0 Å². The van der Waals surface area contributed by atoms with Crippen LogP contribution in [0.5, 0.6) is 0 Å². The van der Waals surface area contributed by atoms with Crippen molar-refractivity contribution in [1.82, 2.24) is 4.98 Å². The number of halogens is 3. The average molecular weight is 284 g/mol. The van der Waals surface area contributed by atoms with Gasteiger partial charge in [0.05, 0.1) is 10.4 Å². The van der Waals surface area contributed by atoms with Gasteiger partial charge in [-0.1, -0.05) is 17.7 Å². The molecule has 0 saturated heterocycles. The number of pyridine rings is 1. The Bertz CT molecular complexity index is 557. The van der Waals surface area contributed by atoms with E-state index in [9.17, 15) is 4.39 Å². The molecule has 0 N–H and O–H groups in total. The largest absolute Gasteiger partial charge is 0.263 e. The molecular weight excluding hydrogens is 272 g/mol. The maximum atomic E-state index is 13.0. The summed E-state index contributed by atoms with van der Waals surface area (Å²) < 4.78 is 13.0. The van der Waals surface area contributed by atoms with Crippen molar-refractivity contribution >= 4 is 23.2 Å². The summed E-state index contributed by atoms with van der Waals surface area (Å²) in [7, 11) is 0. The second kappa shape index (κ2) is 5.68. The van der Waals surface area contributed by atoms with Gasteiger partial charge >= 0.3 is 0 Å². The molecule has 0 aliphatic heterocycles. The highest BCUT2D eigenvalue weighted by molar-refractivity contribution is 6.31. The lowest BCUT2D eigenvalue weighted by atomic mass is 10.0. The van der Waals surface area contributed by atoms with Crippen molar-refractivity contribution in [3.05, 3.63) is 64.2 Å². The van der Waals surface area contributed by atoms with Gasteiger partial charge < -0.3 is 0 Å². The van der Waals surface area contributed by atoms with Crippen LogP contribution in [0.3, 0.4) is 0 Å². The minimum atomic E-state index is -0.248. The lowest BCUT2D eigenvalue weighted by molar-refractivity contribution is 0.625. The normalized spacial score (nSPS) is 12.4. The van der Waals surface area contributed by atoms with Crippen LogP contribution in [-0.2, 0) is 6.42 Å². The molecule has 0 fully saturated rings. The molecule has 2 rings (SSSR count). The number of hydrogen-bond donors (Lipinski definition) is 0. The molecule has 2 aromatic rings. The van der Waals surface area contributed by atoms with Crippen molar-refractivity contribution in [1.29, 1.82) is 0 Å². The third kappa shape index (κ3) is 3.01. The predicted octanol–water partition coefficient (Wildman–Crippen LogP) is 4.71. The minimum absolute atomic E-state index is 0.231. The van der Waals surface area contributed by atoms with Gasteiger partial charge in [-0.2, -0.15) is 0 Å². The molecule has 1 unspecified atom stereocenters. The summed E-state index contributed by atoms with van der Waals surface area (Å²) in [6, 6.07) is 6.47. The van der Waals surface area contributed by atoms with E-state index >= 15 is 0 Å². The summed E-state index contributed by atoms with van der Waals surface area (Å²) in [5.74, 6) is -0.248. The first-order chi connectivity index (χ1) is 8.58. The lowest BCUT2D eigenvalue weighted by Gasteiger charge is -2.13. The quantitative estimate of drug-likeness (QED) is 0.744. The fraction of sp³-hybridized carbons (Fsp3) is 0.214. The topological polar surface area (TPSA) is 12.9 Å². The highest BCUT2D eigenvalue weighted by Crippen LogP contribution is 2.30. The van der Waals surface area contributed by atoms with E-state index in [1.54, 1.807) is 18.5 Å². The fourth-order valence-corrected chi connectivity index (χ4v) is 2.47. The predicted molar refractivity (Wildman–Crippen MR) is 72.7 cm³/mol. The zero-order valence-electron chi connectivity index (χ0n) is 9.83. The Kier molecular flexibility index (Phi) is 4.20. The van der Waals surface area contributed by atoms with Crippen molar-refractivity contribution in [2.45, 2.75) is 18.7 Å². The van der Waals surface area contributed by atoms with Crippen LogP contribution in [0.15, 0.2) is 36.7 Å². The Morgan fingerprint density at radius 1 is 1.33 bits per heavy atom. The Balaban J connectivity index is 2.22. The molecule has 0 aliphatic rings. The van der Waals surface area contributed by atoms with Crippen LogP contribution in [-0.4, -0.2) is 4.98 Å². The van der Waals surface area contributed by atoms with Crippen molar-refractivity contribution in [2.24, 2.45) is 0 Å². The highest BCUT2D eigenvalue weighted by atomic mass is 35.5. The van der Waals surface area contributed by atoms with E-state index in [4.69, 9.17) is 23.2 Å². The SMILES string of the molecule is Cc1cc(F)ccc1C(Cl)Cc1ccncc1Cl. The first-order valence-corrected chi connectivity index (χ1v) is 6.38. The van der Waals surface area contributed by atoms with E-state index in [2.05, 4.69) is 4.98 Å². The third-order valence-electron chi connectivity index (χ3n) is 2.82. The van der Waals surface area contributed by atoms with Gasteiger partial charge in [-0.15, -0.1) is 11.6 Å². The lowest BCUT2D eigenvalue weighted by Crippen LogP contribution is -2.00. The van der Waals surface area contributed by atoms with E-state index in [1.165, 1.54) is 12.1 Å². The van der Waals surface area contributed by atoms with Gasteiger partial charge in [0.25, 0.3) is 0 Å². The van der Waals surface area contributed by atoms with Gasteiger partial charge in [0, 0.05) is 12.4 Å². The van der Waals surface area contributed by atoms with Gasteiger partial charge in [0.15, 0.2) is 0 Å². The van der Waals surface area contributed by atoms with Crippen molar-refractivity contribution in [3.8, 4) is 0 Å². The Hall–Kier alpha value is -1.12. The van der Waals surface area contributed by atoms with E-state index in [0.717, 1.165) is 16.7 Å². The molecule has 4 heteroatoms. The van der Waals surface area contributed by atoms with Gasteiger partial charge in [0.2, 0.25) is 0 Å². The maximum absolute atomic E-state index is 13.0. The first kappa shape index (κ1) is 13.3. The number of rotatable bonds is 3. The van der Waals surface area contributed by atoms with Crippen LogP contribution in [0.25, 0.3) is 0 Å². The molecule has 0 saturated carbocycles. The van der Waals surface area contributed by atoms with E-state index < -0.39 is 0 Å². The minimum Gasteiger partial charge on any atom is -0.263 e. The molecule has 0 spiro atoms. The summed E-state index contributed by atoms with van der Waals surface area (Å²) in [5, 5.41) is 0.369. The van der Waals surface area contributed by atoms with Gasteiger partial charge in [-0.05, 0) is 48.2 Å². The van der Waals surface area contributed by atoms with Crippen molar-refractivity contribution < 1.29 is 4.39 Å². The molecule has 94 valence electrons. The molecule has 18 heavy (non-hydrogen) atoms. The van der Waals surface area contributed by atoms with E-state index in [-0.39, 0.29) is 11.2 Å². The first-order valence-electron chi connectivity index (χ1n) is 5.56. The fourth-order valence-electron chi connectivity index (χ4n) is 1.86. The van der Waals surface area contributed by atoms with Crippen LogP contribution in [0.2, 0.25) is 5.02 Å². The molecule has 1 aromatic carbocycles. The van der Waals surface area contributed by atoms with Crippen LogP contribution >= 0.6 is 23.2 Å². The van der Waals surface area contributed by atoms with E-state index in [1.807, 2.05) is 13.0 Å². The zero-order valence-corrected chi connectivity index (χ0v) is 11.3. The Morgan fingerprint density at radius 3 is 2.78 bits per heavy atom. The molecular formula is C14H12Cl2FN. The van der Waals surface area contributed by atoms with Gasteiger partial charge in [0.1, 0.15) is 5.82 Å². The van der Waals surface area contributed by atoms with Crippen molar-refractivity contribution in [3.63, 3.8) is 0 Å². The third-order valence-corrected chi connectivity index (χ3v) is 3.55. The van der Waals surface area contributed by atoms with Gasteiger partial charge in [-0.3, -0.25) is 4.98 Å². The molecule has 0 aliphatic carbocycles. The molecule has 0 radical (unpaired) electrons. The number of benzene rings is 1. The zero-order chi connectivity index (χ0) is 13.1. The smallest absolute Gasteiger partial charge is 0.123 e. The summed E-state index contributed by atoms with van der Waals surface area (Å²) in [4.78, 5) is 3.93. The monoisotopic (exact) mass is 283 g/mol. The number of alkyl halides is 1. The van der Waals surface area contributed by atoms with Crippen LogP contribution in [0, 0.1) is 12.7 Å². The van der Waals surface area contributed by atoms with E-state index in [0.29, 0.717) is 11.4 Å². The summed E-state index contributed by atoms with van der Waals surface area (Å²) in [6.07, 6.45) is 3.87. The number of hydrogen-bond acceptors (Lipinski definition) is 1. The van der Waals surface area contributed by atoms with Gasteiger partial charge in [-0.25, -0.2) is 4.39 Å². The molecule has 1 heterocycles. The van der Waals surface area contributed by atoms with Crippen LogP contribution in [0.4, 0.5) is 4.39 Å². The summed E-state index contributed by atoms with van der Waals surface area (Å²) in [5.41, 5.74) is 2.71. The maximum Gasteiger partial charge on any atom is 0.123 e. The Morgan fingerprint density at radius 2 is 2.11 bits per heavy atom. The molecule has 1 nitrogen and oxygen atoms in total. The second-order valence-corrected chi connectivity index (χ2v) is 5.07. The average Bonchev–Trinajstić information content (AvgIpc) is 2.32. The molecule has 0 bridgehead atoms. The Labute approximate surface area is 116 Å². The number of aromatic nitrogens is 1. The molecule has 0 amide bonds. The number of aryl methyl sites for hydroxylation is 1. The standard InChI is InChI=1S/C14H12Cl2FN/c1-9-6-11(17)2-3-12(9)13(15)7-10-4-5-18-8-14(10)16/h2-6,8,13H,7H2,1H3. The molecule has 1 aromatic heterocycles. The molecule has 1 atom stereocenters. The summed E-state index contributed by atoms with van der Waals surface area (Å²) >= 11 is 12.4. The summed E-state index contributed by atoms with van der Waals surface area (Å²) in [6.45, 7) is 1.85. The van der Waals surface area contributed by atoms with Crippen LogP contribution in [0.1, 0.15) is 22.1 Å². The number of nitrogens with zero attached hydrogens (tertiary/aromatic N) is 1. The highest BCUT2D eigenvalue weighted by Gasteiger charge is 2.13. The second-order valence-electron chi connectivity index (χ2n) is 4.14.